The Morgan fingerprint density at radius 2 is 1.92 bits per heavy atom. The van der Waals surface area contributed by atoms with Crippen LogP contribution in [-0.4, -0.2) is 18.7 Å². The van der Waals surface area contributed by atoms with Crippen LogP contribution >= 0.6 is 0 Å². The van der Waals surface area contributed by atoms with Crippen molar-refractivity contribution < 1.29 is 18.0 Å². The molecule has 1 N–H and O–H groups in total. The van der Waals surface area contributed by atoms with E-state index in [4.69, 9.17) is 5.41 Å². The molecule has 12 heavy (non-hydrogen) atoms. The maximum absolute atomic E-state index is 12.0. The van der Waals surface area contributed by atoms with E-state index in [1.807, 2.05) is 0 Å². The van der Waals surface area contributed by atoms with Crippen LogP contribution in [0.1, 0.15) is 0 Å². The molecule has 0 rings (SSSR count). The van der Waals surface area contributed by atoms with Gasteiger partial charge in [0.05, 0.1) is 5.57 Å². The van der Waals surface area contributed by atoms with Crippen LogP contribution in [-0.2, 0) is 4.79 Å². The molecule has 0 saturated carbocycles. The van der Waals surface area contributed by atoms with Crippen molar-refractivity contribution in [3.05, 3.63) is 23.8 Å². The van der Waals surface area contributed by atoms with Gasteiger partial charge in [-0.05, 0) is 6.08 Å². The van der Waals surface area contributed by atoms with Crippen LogP contribution in [0, 0.1) is 5.41 Å². The minimum absolute atomic E-state index is 0.00280. The highest BCUT2D eigenvalue weighted by Gasteiger charge is 2.34. The number of hydrogen-bond donors (Lipinski definition) is 1. The Labute approximate surface area is 66.9 Å². The molecule has 0 bridgehead atoms. The summed E-state index contributed by atoms with van der Waals surface area (Å²) in [5.41, 5.74) is -1.86. The van der Waals surface area contributed by atoms with Crippen LogP contribution in [0.3, 0.4) is 0 Å². The minimum atomic E-state index is -4.63. The number of nitrogens with one attached hydrogen (secondary N) is 1. The minimum Gasteiger partial charge on any atom is -0.309 e. The third-order valence-electron chi connectivity index (χ3n) is 1.04. The summed E-state index contributed by atoms with van der Waals surface area (Å²) < 4.78 is 35.9. The van der Waals surface area contributed by atoms with Gasteiger partial charge in [0.25, 0.3) is 0 Å². The highest BCUT2D eigenvalue weighted by Crippen LogP contribution is 2.28. The fraction of sp³-hybridized carbons (Fsp3) is 0.143. The molecule has 0 atom stereocenters. The lowest BCUT2D eigenvalue weighted by molar-refractivity contribution is -0.108. The molecular formula is C7H6F3NO. The fourth-order valence-electron chi connectivity index (χ4n) is 0.530. The maximum atomic E-state index is 12.0. The Kier molecular flexibility index (Phi) is 3.40. The van der Waals surface area contributed by atoms with Gasteiger partial charge in [-0.1, -0.05) is 6.58 Å². The van der Waals surface area contributed by atoms with Crippen molar-refractivity contribution in [1.29, 1.82) is 5.41 Å². The fourth-order valence-corrected chi connectivity index (χ4v) is 0.530. The highest BCUT2D eigenvalue weighted by molar-refractivity contribution is 5.83. The Bertz CT molecular complexity index is 240. The second-order valence-corrected chi connectivity index (χ2v) is 1.89. The molecule has 0 spiro atoms. The van der Waals surface area contributed by atoms with E-state index in [9.17, 15) is 18.0 Å². The van der Waals surface area contributed by atoms with Gasteiger partial charge < -0.3 is 5.41 Å². The molecule has 0 fully saturated rings. The average Bonchev–Trinajstić information content (AvgIpc) is 1.96. The third kappa shape index (κ3) is 2.69. The summed E-state index contributed by atoms with van der Waals surface area (Å²) in [6.07, 6.45) is -3.69. The zero-order valence-corrected chi connectivity index (χ0v) is 5.98. The van der Waals surface area contributed by atoms with Crippen molar-refractivity contribution in [1.82, 2.24) is 0 Å². The van der Waals surface area contributed by atoms with Gasteiger partial charge in [-0.2, -0.15) is 13.2 Å². The van der Waals surface area contributed by atoms with Crippen molar-refractivity contribution in [3.8, 4) is 0 Å². The number of carbonyl (C=O) groups is 1. The topological polar surface area (TPSA) is 40.9 Å². The first-order valence-electron chi connectivity index (χ1n) is 2.86. The van der Waals surface area contributed by atoms with Crippen LogP contribution < -0.4 is 0 Å². The summed E-state index contributed by atoms with van der Waals surface area (Å²) in [5.74, 6) is 0. The van der Waals surface area contributed by atoms with E-state index in [0.29, 0.717) is 12.3 Å². The van der Waals surface area contributed by atoms with Gasteiger partial charge in [0.15, 0.2) is 0 Å². The van der Waals surface area contributed by atoms with Crippen LogP contribution in [0.25, 0.3) is 0 Å². The zero-order valence-electron chi connectivity index (χ0n) is 5.98. The number of rotatable bonds is 3. The summed E-state index contributed by atoms with van der Waals surface area (Å²) in [7, 11) is 0. The molecule has 0 aromatic carbocycles. The Morgan fingerprint density at radius 3 is 2.17 bits per heavy atom. The summed E-state index contributed by atoms with van der Waals surface area (Å²) in [4.78, 5) is 9.95. The van der Waals surface area contributed by atoms with Crippen LogP contribution in [0.2, 0.25) is 0 Å². The summed E-state index contributed by atoms with van der Waals surface area (Å²) in [5, 5.41) is 6.42. The lowest BCUT2D eigenvalue weighted by Crippen LogP contribution is -2.14. The SMILES string of the molecule is C=C(C=O)/C(=C\C=N)C(F)(F)F. The molecule has 0 aliphatic heterocycles. The molecule has 0 aliphatic carbocycles. The number of halogens is 3. The summed E-state index contributed by atoms with van der Waals surface area (Å²) in [6.45, 7) is 2.90. The molecule has 0 heterocycles. The summed E-state index contributed by atoms with van der Waals surface area (Å²) >= 11 is 0. The van der Waals surface area contributed by atoms with Crippen LogP contribution in [0.5, 0.6) is 0 Å². The van der Waals surface area contributed by atoms with Crippen molar-refractivity contribution in [2.24, 2.45) is 0 Å². The Balaban J connectivity index is 4.93. The molecule has 0 unspecified atom stereocenters. The van der Waals surface area contributed by atoms with Gasteiger partial charge in [0.2, 0.25) is 0 Å². The Morgan fingerprint density at radius 1 is 1.42 bits per heavy atom. The molecule has 0 radical (unpaired) electrons. The summed E-state index contributed by atoms with van der Waals surface area (Å²) in [6, 6.07) is 0. The second-order valence-electron chi connectivity index (χ2n) is 1.89. The van der Waals surface area contributed by atoms with E-state index in [0.717, 1.165) is 0 Å². The molecule has 66 valence electrons. The number of carbonyl (C=O) groups excluding carboxylic acids is 1. The number of alkyl halides is 3. The first-order valence-corrected chi connectivity index (χ1v) is 2.86. The first-order chi connectivity index (χ1) is 5.43. The monoisotopic (exact) mass is 177 g/mol. The zero-order chi connectivity index (χ0) is 9.78. The van der Waals surface area contributed by atoms with E-state index in [-0.39, 0.29) is 6.29 Å². The number of hydrogen-bond acceptors (Lipinski definition) is 2. The lowest BCUT2D eigenvalue weighted by Gasteiger charge is -2.08. The second kappa shape index (κ2) is 3.85. The first kappa shape index (κ1) is 10.6. The van der Waals surface area contributed by atoms with Gasteiger partial charge in [-0.3, -0.25) is 4.79 Å². The molecule has 0 aliphatic rings. The van der Waals surface area contributed by atoms with E-state index in [1.54, 1.807) is 0 Å². The predicted octanol–water partition coefficient (Wildman–Crippen LogP) is 1.88. The predicted molar refractivity (Wildman–Crippen MR) is 38.1 cm³/mol. The lowest BCUT2D eigenvalue weighted by atomic mass is 10.1. The highest BCUT2D eigenvalue weighted by atomic mass is 19.4. The van der Waals surface area contributed by atoms with Crippen LogP contribution in [0.4, 0.5) is 13.2 Å². The number of aldehydes is 1. The van der Waals surface area contributed by atoms with Crippen molar-refractivity contribution >= 4 is 12.5 Å². The average molecular weight is 177 g/mol. The van der Waals surface area contributed by atoms with Crippen molar-refractivity contribution in [3.63, 3.8) is 0 Å². The molecule has 0 aromatic rings. The van der Waals surface area contributed by atoms with E-state index in [2.05, 4.69) is 6.58 Å². The smallest absolute Gasteiger partial charge is 0.309 e. The van der Waals surface area contributed by atoms with Gasteiger partial charge in [0.1, 0.15) is 6.29 Å². The molecular weight excluding hydrogens is 171 g/mol. The molecule has 2 nitrogen and oxygen atoms in total. The standard InChI is InChI=1S/C7H6F3NO/c1-5(4-12)6(2-3-11)7(8,9)10/h2-4,11H,1H2/b6-2+,11-3?. The quantitative estimate of drug-likeness (QED) is 0.304. The van der Waals surface area contributed by atoms with Crippen molar-refractivity contribution in [2.75, 3.05) is 0 Å². The van der Waals surface area contributed by atoms with Crippen molar-refractivity contribution in [2.45, 2.75) is 6.18 Å². The van der Waals surface area contributed by atoms with Gasteiger partial charge in [0, 0.05) is 11.8 Å². The maximum Gasteiger partial charge on any atom is 0.417 e. The molecule has 0 saturated heterocycles. The van der Waals surface area contributed by atoms with E-state index in [1.165, 1.54) is 0 Å². The molecule has 5 heteroatoms. The number of allylic oxidation sites excluding steroid dienone is 3. The Hall–Kier alpha value is -1.39. The van der Waals surface area contributed by atoms with Gasteiger partial charge in [-0.25, -0.2) is 0 Å². The molecule has 0 aromatic heterocycles. The van der Waals surface area contributed by atoms with E-state index >= 15 is 0 Å². The van der Waals surface area contributed by atoms with Gasteiger partial charge >= 0.3 is 6.18 Å². The largest absolute Gasteiger partial charge is 0.417 e. The van der Waals surface area contributed by atoms with Crippen LogP contribution in [0.15, 0.2) is 23.8 Å². The normalized spacial score (nSPS) is 12.4. The van der Waals surface area contributed by atoms with Gasteiger partial charge in [-0.15, -0.1) is 0 Å². The van der Waals surface area contributed by atoms with E-state index < -0.39 is 17.3 Å². The molecule has 0 amide bonds. The third-order valence-corrected chi connectivity index (χ3v) is 1.04.